The van der Waals surface area contributed by atoms with Gasteiger partial charge in [-0.05, 0) is 18.6 Å². The molecule has 1 heterocycles. The third kappa shape index (κ3) is 2.77. The molecule has 3 nitrogen and oxygen atoms in total. The van der Waals surface area contributed by atoms with E-state index in [0.717, 1.165) is 29.7 Å². The molecule has 0 amide bonds. The summed E-state index contributed by atoms with van der Waals surface area (Å²) in [5.74, 6) is 0.862. The topological polar surface area (TPSA) is 52.0 Å². The minimum Gasteiger partial charge on any atom is -0.431 e. The van der Waals surface area contributed by atoms with Crippen LogP contribution in [0.25, 0.3) is 11.1 Å². The molecule has 0 radical (unpaired) electrons. The number of fused-ring (bicyclic) bond motifs is 1. The normalized spacial score (nSPS) is 13.1. The average molecular weight is 236 g/mol. The zero-order chi connectivity index (χ0) is 11.4. The van der Waals surface area contributed by atoms with E-state index < -0.39 is 0 Å². The van der Waals surface area contributed by atoms with E-state index in [0.29, 0.717) is 5.22 Å². The molecule has 2 rings (SSSR count). The van der Waals surface area contributed by atoms with Gasteiger partial charge in [0.15, 0.2) is 5.58 Å². The van der Waals surface area contributed by atoms with E-state index >= 15 is 0 Å². The van der Waals surface area contributed by atoms with Gasteiger partial charge in [-0.25, -0.2) is 4.98 Å². The summed E-state index contributed by atoms with van der Waals surface area (Å²) in [6.45, 7) is 2.14. The fourth-order valence-corrected chi connectivity index (χ4v) is 2.38. The molecular formula is C12H16N2OS. The summed E-state index contributed by atoms with van der Waals surface area (Å²) in [6.07, 6.45) is 2.17. The second-order valence-electron chi connectivity index (χ2n) is 3.81. The predicted octanol–water partition coefficient (Wildman–Crippen LogP) is 3.05. The van der Waals surface area contributed by atoms with Crippen molar-refractivity contribution in [3.05, 3.63) is 24.3 Å². The molecule has 0 saturated heterocycles. The summed E-state index contributed by atoms with van der Waals surface area (Å²) in [7, 11) is 0. The first kappa shape index (κ1) is 11.5. The number of para-hydroxylation sites is 2. The fraction of sp³-hybridized carbons (Fsp3) is 0.417. The summed E-state index contributed by atoms with van der Waals surface area (Å²) < 4.78 is 5.59. The van der Waals surface area contributed by atoms with Gasteiger partial charge in [0.05, 0.1) is 0 Å². The Bertz CT molecular complexity index is 422. The molecule has 0 bridgehead atoms. The average Bonchev–Trinajstić information content (AvgIpc) is 2.69. The summed E-state index contributed by atoms with van der Waals surface area (Å²) in [5, 5.41) is 0.716. The van der Waals surface area contributed by atoms with Crippen LogP contribution in [0.15, 0.2) is 33.9 Å². The van der Waals surface area contributed by atoms with Crippen molar-refractivity contribution < 1.29 is 4.42 Å². The number of nitrogens with two attached hydrogens (primary N) is 1. The predicted molar refractivity (Wildman–Crippen MR) is 67.6 cm³/mol. The Balaban J connectivity index is 1.99. The third-order valence-corrected chi connectivity index (χ3v) is 3.37. The van der Waals surface area contributed by atoms with Crippen molar-refractivity contribution in [3.63, 3.8) is 0 Å². The van der Waals surface area contributed by atoms with E-state index in [1.807, 2.05) is 24.3 Å². The minimum atomic E-state index is 0.227. The Morgan fingerprint density at radius 1 is 1.44 bits per heavy atom. The Kier molecular flexibility index (Phi) is 3.85. The first-order valence-electron chi connectivity index (χ1n) is 5.53. The summed E-state index contributed by atoms with van der Waals surface area (Å²) in [4.78, 5) is 4.39. The van der Waals surface area contributed by atoms with Crippen molar-refractivity contribution in [2.45, 2.75) is 31.0 Å². The molecule has 1 aromatic heterocycles. The monoisotopic (exact) mass is 236 g/mol. The largest absolute Gasteiger partial charge is 0.431 e. The van der Waals surface area contributed by atoms with E-state index in [4.69, 9.17) is 10.2 Å². The van der Waals surface area contributed by atoms with Gasteiger partial charge in [-0.2, -0.15) is 0 Å². The maximum absolute atomic E-state index is 5.94. The van der Waals surface area contributed by atoms with Gasteiger partial charge in [0.1, 0.15) is 5.52 Å². The van der Waals surface area contributed by atoms with Crippen molar-refractivity contribution in [2.24, 2.45) is 5.73 Å². The molecule has 0 aliphatic heterocycles. The Morgan fingerprint density at radius 3 is 3.00 bits per heavy atom. The molecule has 1 unspecified atom stereocenters. The number of benzene rings is 1. The van der Waals surface area contributed by atoms with E-state index in [1.54, 1.807) is 11.8 Å². The van der Waals surface area contributed by atoms with E-state index in [9.17, 15) is 0 Å². The summed E-state index contributed by atoms with van der Waals surface area (Å²) in [5.41, 5.74) is 7.69. The molecule has 0 fully saturated rings. The molecule has 16 heavy (non-hydrogen) atoms. The van der Waals surface area contributed by atoms with Gasteiger partial charge in [0, 0.05) is 11.8 Å². The lowest BCUT2D eigenvalue weighted by Gasteiger charge is -2.06. The van der Waals surface area contributed by atoms with E-state index in [1.165, 1.54) is 0 Å². The second kappa shape index (κ2) is 5.37. The summed E-state index contributed by atoms with van der Waals surface area (Å²) >= 11 is 1.59. The number of oxazole rings is 1. The molecule has 0 aliphatic carbocycles. The first-order chi connectivity index (χ1) is 7.79. The molecule has 1 aromatic carbocycles. The lowest BCUT2D eigenvalue weighted by molar-refractivity contribution is 0.488. The van der Waals surface area contributed by atoms with Crippen molar-refractivity contribution in [2.75, 3.05) is 5.75 Å². The zero-order valence-corrected chi connectivity index (χ0v) is 10.2. The number of aromatic nitrogens is 1. The third-order valence-electron chi connectivity index (χ3n) is 2.35. The highest BCUT2D eigenvalue weighted by atomic mass is 32.2. The van der Waals surface area contributed by atoms with Gasteiger partial charge in [-0.15, -0.1) is 0 Å². The van der Waals surface area contributed by atoms with Crippen molar-refractivity contribution in [1.82, 2.24) is 4.98 Å². The van der Waals surface area contributed by atoms with Gasteiger partial charge in [0.2, 0.25) is 0 Å². The standard InChI is InChI=1S/C12H16N2OS/c1-2-5-9(13)8-16-12-14-10-6-3-4-7-11(10)15-12/h3-4,6-7,9H,2,5,8,13H2,1H3. The van der Waals surface area contributed by atoms with Crippen LogP contribution in [0.1, 0.15) is 19.8 Å². The van der Waals surface area contributed by atoms with Crippen LogP contribution in [0, 0.1) is 0 Å². The van der Waals surface area contributed by atoms with E-state index in [2.05, 4.69) is 11.9 Å². The highest BCUT2D eigenvalue weighted by molar-refractivity contribution is 7.99. The zero-order valence-electron chi connectivity index (χ0n) is 9.35. The maximum Gasteiger partial charge on any atom is 0.256 e. The first-order valence-corrected chi connectivity index (χ1v) is 6.52. The molecule has 0 spiro atoms. The van der Waals surface area contributed by atoms with Crippen LogP contribution in [0.2, 0.25) is 0 Å². The van der Waals surface area contributed by atoms with Crippen molar-refractivity contribution >= 4 is 22.9 Å². The number of hydrogen-bond acceptors (Lipinski definition) is 4. The SMILES string of the molecule is CCCC(N)CSc1nc2ccccc2o1. The van der Waals surface area contributed by atoms with Gasteiger partial charge in [-0.3, -0.25) is 0 Å². The highest BCUT2D eigenvalue weighted by Crippen LogP contribution is 2.23. The quantitative estimate of drug-likeness (QED) is 0.811. The van der Waals surface area contributed by atoms with Crippen LogP contribution in [0.5, 0.6) is 0 Å². The van der Waals surface area contributed by atoms with Crippen LogP contribution >= 0.6 is 11.8 Å². The lowest BCUT2D eigenvalue weighted by Crippen LogP contribution is -2.22. The van der Waals surface area contributed by atoms with Crippen LogP contribution < -0.4 is 5.73 Å². The molecule has 0 aliphatic rings. The van der Waals surface area contributed by atoms with Crippen molar-refractivity contribution in [3.8, 4) is 0 Å². The molecular weight excluding hydrogens is 220 g/mol. The number of hydrogen-bond donors (Lipinski definition) is 1. The van der Waals surface area contributed by atoms with Gasteiger partial charge in [-0.1, -0.05) is 37.2 Å². The van der Waals surface area contributed by atoms with Gasteiger partial charge in [0.25, 0.3) is 5.22 Å². The number of rotatable bonds is 5. The molecule has 2 aromatic rings. The summed E-state index contributed by atoms with van der Waals surface area (Å²) in [6, 6.07) is 8.02. The van der Waals surface area contributed by atoms with Gasteiger partial charge >= 0.3 is 0 Å². The van der Waals surface area contributed by atoms with Crippen LogP contribution in [-0.4, -0.2) is 16.8 Å². The van der Waals surface area contributed by atoms with E-state index in [-0.39, 0.29) is 6.04 Å². The molecule has 1 atom stereocenters. The van der Waals surface area contributed by atoms with Crippen LogP contribution in [0.4, 0.5) is 0 Å². The smallest absolute Gasteiger partial charge is 0.256 e. The molecule has 2 N–H and O–H groups in total. The highest BCUT2D eigenvalue weighted by Gasteiger charge is 2.08. The molecule has 0 saturated carbocycles. The van der Waals surface area contributed by atoms with Crippen LogP contribution in [0.3, 0.4) is 0 Å². The van der Waals surface area contributed by atoms with Crippen molar-refractivity contribution in [1.29, 1.82) is 0 Å². The maximum atomic E-state index is 5.94. The molecule has 4 heteroatoms. The Morgan fingerprint density at radius 2 is 2.25 bits per heavy atom. The minimum absolute atomic E-state index is 0.227. The second-order valence-corrected chi connectivity index (χ2v) is 4.78. The molecule has 86 valence electrons. The van der Waals surface area contributed by atoms with Gasteiger partial charge < -0.3 is 10.2 Å². The fourth-order valence-electron chi connectivity index (χ4n) is 1.55. The number of nitrogens with zero attached hydrogens (tertiary/aromatic N) is 1. The Hall–Kier alpha value is -1.00. The lowest BCUT2D eigenvalue weighted by atomic mass is 10.2. The number of thioether (sulfide) groups is 1. The Labute approximate surface area is 99.4 Å². The van der Waals surface area contributed by atoms with Crippen LogP contribution in [-0.2, 0) is 0 Å².